The Kier molecular flexibility index (Phi) is 11.1. The Labute approximate surface area is 168 Å². The topological polar surface area (TPSA) is 66.7 Å². The van der Waals surface area contributed by atoms with Crippen molar-refractivity contribution >= 4 is 29.9 Å². The molecule has 0 radical (unpaired) electrons. The van der Waals surface area contributed by atoms with Gasteiger partial charge in [-0.1, -0.05) is 0 Å². The molecule has 144 valence electrons. The second-order valence-corrected chi connectivity index (χ2v) is 6.28. The summed E-state index contributed by atoms with van der Waals surface area (Å²) in [5.74, 6) is 0.897. The summed E-state index contributed by atoms with van der Waals surface area (Å²) in [7, 11) is 0. The fourth-order valence-corrected chi connectivity index (χ4v) is 2.74. The van der Waals surface area contributed by atoms with Crippen LogP contribution in [0.3, 0.4) is 0 Å². The molecule has 0 amide bonds. The van der Waals surface area contributed by atoms with Crippen molar-refractivity contribution in [3.8, 4) is 0 Å². The molecule has 1 unspecified atom stereocenters. The monoisotopic (exact) mass is 464 g/mol. The van der Waals surface area contributed by atoms with Gasteiger partial charge in [0.05, 0.1) is 26.0 Å². The summed E-state index contributed by atoms with van der Waals surface area (Å²) >= 11 is 0. The van der Waals surface area contributed by atoms with E-state index < -0.39 is 0 Å². The van der Waals surface area contributed by atoms with Crippen molar-refractivity contribution in [3.05, 3.63) is 18.0 Å². The van der Waals surface area contributed by atoms with E-state index >= 15 is 0 Å². The highest BCUT2D eigenvalue weighted by atomic mass is 127. The largest absolute Gasteiger partial charge is 0.379 e. The maximum atomic E-state index is 5.41. The zero-order chi connectivity index (χ0) is 17.2. The summed E-state index contributed by atoms with van der Waals surface area (Å²) in [4.78, 5) is 7.17. The van der Waals surface area contributed by atoms with E-state index in [2.05, 4.69) is 47.6 Å². The van der Waals surface area contributed by atoms with Gasteiger partial charge in [0, 0.05) is 45.0 Å². The molecule has 8 heteroatoms. The third-order valence-corrected chi connectivity index (χ3v) is 4.15. The molecular weight excluding hydrogens is 431 g/mol. The van der Waals surface area contributed by atoms with Crippen molar-refractivity contribution in [2.24, 2.45) is 4.99 Å². The summed E-state index contributed by atoms with van der Waals surface area (Å²) < 4.78 is 7.40. The van der Waals surface area contributed by atoms with Gasteiger partial charge >= 0.3 is 0 Å². The highest BCUT2D eigenvalue weighted by molar-refractivity contribution is 14.0. The third kappa shape index (κ3) is 8.37. The van der Waals surface area contributed by atoms with Crippen molar-refractivity contribution < 1.29 is 4.74 Å². The number of ether oxygens (including phenoxy) is 1. The van der Waals surface area contributed by atoms with Gasteiger partial charge in [0.1, 0.15) is 0 Å². The SMILES string of the molecule is CCNC(=NCC(C)N1CCOCC1)NCCCn1cc(C)cn1.I. The fourth-order valence-electron chi connectivity index (χ4n) is 2.74. The van der Waals surface area contributed by atoms with E-state index in [4.69, 9.17) is 9.73 Å². The number of aryl methyl sites for hydroxylation is 2. The summed E-state index contributed by atoms with van der Waals surface area (Å²) in [6.07, 6.45) is 4.99. The third-order valence-electron chi connectivity index (χ3n) is 4.15. The molecule has 0 aromatic carbocycles. The van der Waals surface area contributed by atoms with Crippen LogP contribution in [0.5, 0.6) is 0 Å². The van der Waals surface area contributed by atoms with Crippen molar-refractivity contribution in [1.82, 2.24) is 25.3 Å². The summed E-state index contributed by atoms with van der Waals surface area (Å²) in [6, 6.07) is 0.441. The Morgan fingerprint density at radius 3 is 2.76 bits per heavy atom. The molecule has 1 saturated heterocycles. The summed E-state index contributed by atoms with van der Waals surface area (Å²) in [6.45, 7) is 13.5. The van der Waals surface area contributed by atoms with E-state index in [0.29, 0.717) is 6.04 Å². The number of aliphatic imine (C=N–C) groups is 1. The zero-order valence-corrected chi connectivity index (χ0v) is 18.0. The van der Waals surface area contributed by atoms with E-state index in [1.54, 1.807) is 0 Å². The van der Waals surface area contributed by atoms with Gasteiger partial charge in [0.2, 0.25) is 0 Å². The predicted molar refractivity (Wildman–Crippen MR) is 113 cm³/mol. The van der Waals surface area contributed by atoms with Crippen molar-refractivity contribution in [2.75, 3.05) is 45.9 Å². The average Bonchev–Trinajstić information content (AvgIpc) is 3.02. The van der Waals surface area contributed by atoms with E-state index in [0.717, 1.165) is 64.9 Å². The standard InChI is InChI=1S/C17H32N6O.HI/c1-4-18-17(19-6-5-7-23-14-15(2)12-21-23)20-13-16(3)22-8-10-24-11-9-22;/h12,14,16H,4-11,13H2,1-3H3,(H2,18,19,20);1H. The van der Waals surface area contributed by atoms with Crippen LogP contribution >= 0.6 is 24.0 Å². The van der Waals surface area contributed by atoms with Crippen LogP contribution in [-0.2, 0) is 11.3 Å². The molecule has 1 aliphatic rings. The van der Waals surface area contributed by atoms with Gasteiger partial charge in [0.25, 0.3) is 0 Å². The van der Waals surface area contributed by atoms with E-state index in [-0.39, 0.29) is 24.0 Å². The molecule has 2 rings (SSSR count). The van der Waals surface area contributed by atoms with Crippen LogP contribution in [0.4, 0.5) is 0 Å². The molecular formula is C17H33IN6O. The van der Waals surface area contributed by atoms with Gasteiger partial charge in [-0.15, -0.1) is 24.0 Å². The Morgan fingerprint density at radius 1 is 1.36 bits per heavy atom. The van der Waals surface area contributed by atoms with Crippen LogP contribution < -0.4 is 10.6 Å². The molecule has 25 heavy (non-hydrogen) atoms. The quantitative estimate of drug-likeness (QED) is 0.264. The van der Waals surface area contributed by atoms with E-state index in [1.165, 1.54) is 5.56 Å². The van der Waals surface area contributed by atoms with Crippen LogP contribution in [0.15, 0.2) is 17.4 Å². The first-order valence-electron chi connectivity index (χ1n) is 9.02. The van der Waals surface area contributed by atoms with Gasteiger partial charge < -0.3 is 15.4 Å². The lowest BCUT2D eigenvalue weighted by Crippen LogP contribution is -2.44. The molecule has 7 nitrogen and oxygen atoms in total. The van der Waals surface area contributed by atoms with Crippen molar-refractivity contribution in [2.45, 2.75) is 39.8 Å². The predicted octanol–water partition coefficient (Wildman–Crippen LogP) is 1.48. The van der Waals surface area contributed by atoms with E-state index in [9.17, 15) is 0 Å². The molecule has 2 heterocycles. The van der Waals surface area contributed by atoms with Crippen LogP contribution in [0.1, 0.15) is 25.8 Å². The molecule has 0 aliphatic carbocycles. The number of rotatable bonds is 8. The first-order chi connectivity index (χ1) is 11.7. The molecule has 1 aliphatic heterocycles. The molecule has 0 spiro atoms. The van der Waals surface area contributed by atoms with Gasteiger partial charge in [-0.25, -0.2) is 0 Å². The van der Waals surface area contributed by atoms with Crippen molar-refractivity contribution in [3.63, 3.8) is 0 Å². The molecule has 1 atom stereocenters. The number of hydrogen-bond donors (Lipinski definition) is 2. The minimum Gasteiger partial charge on any atom is -0.379 e. The molecule has 0 bridgehead atoms. The van der Waals surface area contributed by atoms with Crippen LogP contribution in [0.2, 0.25) is 0 Å². The average molecular weight is 464 g/mol. The molecule has 1 fully saturated rings. The maximum absolute atomic E-state index is 5.41. The minimum atomic E-state index is 0. The summed E-state index contributed by atoms with van der Waals surface area (Å²) in [5.41, 5.74) is 1.20. The Hall–Kier alpha value is -0.870. The number of nitrogens with one attached hydrogen (secondary N) is 2. The Bertz CT molecular complexity index is 501. The second-order valence-electron chi connectivity index (χ2n) is 6.28. The smallest absolute Gasteiger partial charge is 0.191 e. The van der Waals surface area contributed by atoms with Crippen LogP contribution in [-0.4, -0.2) is 72.6 Å². The molecule has 0 saturated carbocycles. The minimum absolute atomic E-state index is 0. The zero-order valence-electron chi connectivity index (χ0n) is 15.7. The molecule has 1 aromatic rings. The second kappa shape index (κ2) is 12.5. The maximum Gasteiger partial charge on any atom is 0.191 e. The lowest BCUT2D eigenvalue weighted by Gasteiger charge is -2.31. The molecule has 1 aromatic heterocycles. The highest BCUT2D eigenvalue weighted by Gasteiger charge is 2.16. The number of nitrogens with zero attached hydrogens (tertiary/aromatic N) is 4. The molecule has 2 N–H and O–H groups in total. The normalized spacial score (nSPS) is 17.0. The number of morpholine rings is 1. The van der Waals surface area contributed by atoms with Gasteiger partial charge in [-0.3, -0.25) is 14.6 Å². The summed E-state index contributed by atoms with van der Waals surface area (Å²) in [5, 5.41) is 11.0. The van der Waals surface area contributed by atoms with Gasteiger partial charge in [-0.2, -0.15) is 5.10 Å². The van der Waals surface area contributed by atoms with Crippen molar-refractivity contribution in [1.29, 1.82) is 0 Å². The fraction of sp³-hybridized carbons (Fsp3) is 0.765. The van der Waals surface area contributed by atoms with Crippen LogP contribution in [0, 0.1) is 6.92 Å². The van der Waals surface area contributed by atoms with Crippen LogP contribution in [0.25, 0.3) is 0 Å². The lowest BCUT2D eigenvalue weighted by molar-refractivity contribution is 0.0220. The first-order valence-corrected chi connectivity index (χ1v) is 9.02. The Morgan fingerprint density at radius 2 is 2.12 bits per heavy atom. The van der Waals surface area contributed by atoms with E-state index in [1.807, 2.05) is 10.9 Å². The highest BCUT2D eigenvalue weighted by Crippen LogP contribution is 2.03. The number of hydrogen-bond acceptors (Lipinski definition) is 4. The lowest BCUT2D eigenvalue weighted by atomic mass is 10.2. The van der Waals surface area contributed by atoms with Gasteiger partial charge in [0.15, 0.2) is 5.96 Å². The number of guanidine groups is 1. The Balaban J connectivity index is 0.00000312. The van der Waals surface area contributed by atoms with Gasteiger partial charge in [-0.05, 0) is 32.8 Å². The number of halogens is 1. The number of aromatic nitrogens is 2. The first kappa shape index (κ1) is 22.2.